The molecule has 0 radical (unpaired) electrons. The Balaban J connectivity index is 1.38. The molecule has 9 nitrogen and oxygen atoms in total. The monoisotopic (exact) mass is 489 g/mol. The first-order valence-electron chi connectivity index (χ1n) is 11.4. The third kappa shape index (κ3) is 4.77. The van der Waals surface area contributed by atoms with E-state index < -0.39 is 0 Å². The van der Waals surface area contributed by atoms with Crippen LogP contribution in [0.4, 0.5) is 0 Å². The van der Waals surface area contributed by atoms with Gasteiger partial charge in [-0.15, -0.1) is 0 Å². The number of pyridine rings is 1. The average Bonchev–Trinajstić information content (AvgIpc) is 3.63. The van der Waals surface area contributed by atoms with Gasteiger partial charge in [-0.3, -0.25) is 0 Å². The molecular formula is C27H27N3O6. The lowest BCUT2D eigenvalue weighted by molar-refractivity contribution is 0.316. The summed E-state index contributed by atoms with van der Waals surface area (Å²) in [6.07, 6.45) is 0. The van der Waals surface area contributed by atoms with Crippen LogP contribution in [0.2, 0.25) is 0 Å². The number of aliphatic imine (C=N–C) groups is 2. The van der Waals surface area contributed by atoms with Crippen LogP contribution >= 0.6 is 0 Å². The molecule has 1 aromatic heterocycles. The van der Waals surface area contributed by atoms with Gasteiger partial charge in [0.25, 0.3) is 0 Å². The number of rotatable bonds is 8. The van der Waals surface area contributed by atoms with Crippen molar-refractivity contribution in [2.75, 3.05) is 41.7 Å². The van der Waals surface area contributed by atoms with Gasteiger partial charge in [0.2, 0.25) is 11.8 Å². The van der Waals surface area contributed by atoms with Gasteiger partial charge in [-0.1, -0.05) is 6.07 Å². The van der Waals surface area contributed by atoms with Crippen molar-refractivity contribution in [1.29, 1.82) is 0 Å². The Hall–Kier alpha value is -4.27. The van der Waals surface area contributed by atoms with Crippen molar-refractivity contribution in [2.45, 2.75) is 12.1 Å². The summed E-state index contributed by atoms with van der Waals surface area (Å²) in [4.78, 5) is 14.2. The summed E-state index contributed by atoms with van der Waals surface area (Å²) in [5.41, 5.74) is 3.11. The number of aromatic nitrogens is 1. The summed E-state index contributed by atoms with van der Waals surface area (Å²) >= 11 is 0. The second-order valence-corrected chi connectivity index (χ2v) is 8.22. The van der Waals surface area contributed by atoms with E-state index in [2.05, 4.69) is 0 Å². The fraction of sp³-hybridized carbons (Fsp3) is 0.296. The first-order valence-corrected chi connectivity index (χ1v) is 11.4. The second kappa shape index (κ2) is 10.2. The van der Waals surface area contributed by atoms with Gasteiger partial charge >= 0.3 is 0 Å². The number of methoxy groups -OCH3 is 4. The molecule has 3 heterocycles. The molecule has 3 aromatic rings. The van der Waals surface area contributed by atoms with Crippen LogP contribution in [0.3, 0.4) is 0 Å². The third-order valence-electron chi connectivity index (χ3n) is 6.01. The van der Waals surface area contributed by atoms with E-state index in [1.807, 2.05) is 54.6 Å². The first-order chi connectivity index (χ1) is 17.6. The molecule has 2 aliphatic rings. The van der Waals surface area contributed by atoms with Gasteiger partial charge in [-0.05, 0) is 47.5 Å². The normalized spacial score (nSPS) is 18.6. The standard InChI is InChI=1S/C27H27N3O6/c1-31-18-8-16(9-19(12-18)32-2)24-14-35-26(29-24)22-6-5-7-23(28-22)27-30-25(15-36-27)17-10-20(33-3)13-21(11-17)34-4/h5-13,24-25H,14-15H2,1-4H3/t24-,25-/m1/s1. The maximum absolute atomic E-state index is 5.91. The zero-order chi connectivity index (χ0) is 25.1. The van der Waals surface area contributed by atoms with E-state index in [1.165, 1.54) is 0 Å². The second-order valence-electron chi connectivity index (χ2n) is 8.22. The molecule has 0 aliphatic carbocycles. The molecule has 0 N–H and O–H groups in total. The van der Waals surface area contributed by atoms with Crippen molar-refractivity contribution < 1.29 is 28.4 Å². The van der Waals surface area contributed by atoms with Crippen molar-refractivity contribution in [3.8, 4) is 23.0 Å². The fourth-order valence-electron chi connectivity index (χ4n) is 4.09. The fourth-order valence-corrected chi connectivity index (χ4v) is 4.09. The van der Waals surface area contributed by atoms with Crippen LogP contribution < -0.4 is 18.9 Å². The summed E-state index contributed by atoms with van der Waals surface area (Å²) in [5, 5.41) is 0. The maximum Gasteiger partial charge on any atom is 0.236 e. The summed E-state index contributed by atoms with van der Waals surface area (Å²) in [6.45, 7) is 0.795. The predicted octanol–water partition coefficient (Wildman–Crippen LogP) is 4.15. The van der Waals surface area contributed by atoms with Crippen LogP contribution in [0.25, 0.3) is 0 Å². The van der Waals surface area contributed by atoms with E-state index in [9.17, 15) is 0 Å². The van der Waals surface area contributed by atoms with Gasteiger partial charge in [0.1, 0.15) is 59.7 Å². The lowest BCUT2D eigenvalue weighted by atomic mass is 10.1. The Morgan fingerprint density at radius 1 is 0.611 bits per heavy atom. The van der Waals surface area contributed by atoms with Gasteiger partial charge in [0.15, 0.2) is 0 Å². The molecule has 0 spiro atoms. The van der Waals surface area contributed by atoms with E-state index in [1.54, 1.807) is 28.4 Å². The quantitative estimate of drug-likeness (QED) is 0.469. The van der Waals surface area contributed by atoms with Gasteiger partial charge in [0.05, 0.1) is 28.4 Å². The van der Waals surface area contributed by atoms with Crippen LogP contribution in [0.1, 0.15) is 34.6 Å². The molecule has 0 saturated carbocycles. The zero-order valence-electron chi connectivity index (χ0n) is 20.6. The molecule has 36 heavy (non-hydrogen) atoms. The largest absolute Gasteiger partial charge is 0.497 e. The van der Waals surface area contributed by atoms with Gasteiger partial charge in [-0.2, -0.15) is 0 Å². The number of benzene rings is 2. The highest BCUT2D eigenvalue weighted by atomic mass is 16.5. The molecule has 2 aliphatic heterocycles. The molecule has 9 heteroatoms. The maximum atomic E-state index is 5.91. The summed E-state index contributed by atoms with van der Waals surface area (Å²) < 4.78 is 33.4. The van der Waals surface area contributed by atoms with Crippen molar-refractivity contribution in [3.63, 3.8) is 0 Å². The predicted molar refractivity (Wildman–Crippen MR) is 134 cm³/mol. The number of hydrogen-bond acceptors (Lipinski definition) is 9. The molecule has 2 aromatic carbocycles. The number of nitrogens with zero attached hydrogens (tertiary/aromatic N) is 3. The lowest BCUT2D eigenvalue weighted by Crippen LogP contribution is -2.09. The molecule has 5 rings (SSSR count). The molecule has 2 atom stereocenters. The Morgan fingerprint density at radius 2 is 1.00 bits per heavy atom. The summed E-state index contributed by atoms with van der Waals surface area (Å²) in [6, 6.07) is 16.6. The van der Waals surface area contributed by atoms with E-state index in [0.717, 1.165) is 11.1 Å². The highest BCUT2D eigenvalue weighted by molar-refractivity contribution is 5.97. The smallest absolute Gasteiger partial charge is 0.236 e. The molecule has 0 unspecified atom stereocenters. The molecule has 0 bridgehead atoms. The molecule has 186 valence electrons. The van der Waals surface area contributed by atoms with Crippen molar-refractivity contribution in [2.24, 2.45) is 9.98 Å². The minimum Gasteiger partial charge on any atom is -0.497 e. The van der Waals surface area contributed by atoms with Gasteiger partial charge in [-0.25, -0.2) is 15.0 Å². The van der Waals surface area contributed by atoms with Gasteiger partial charge in [0, 0.05) is 12.1 Å². The van der Waals surface area contributed by atoms with Crippen LogP contribution in [0.15, 0.2) is 64.6 Å². The molecule has 0 amide bonds. The van der Waals surface area contributed by atoms with Crippen LogP contribution in [0.5, 0.6) is 23.0 Å². The number of ether oxygens (including phenoxy) is 6. The van der Waals surface area contributed by atoms with Crippen LogP contribution in [-0.2, 0) is 9.47 Å². The van der Waals surface area contributed by atoms with Crippen molar-refractivity contribution >= 4 is 11.8 Å². The average molecular weight is 490 g/mol. The highest BCUT2D eigenvalue weighted by Gasteiger charge is 2.27. The van der Waals surface area contributed by atoms with E-state index in [-0.39, 0.29) is 12.1 Å². The zero-order valence-corrected chi connectivity index (χ0v) is 20.6. The third-order valence-corrected chi connectivity index (χ3v) is 6.01. The Bertz CT molecular complexity index is 1180. The van der Waals surface area contributed by atoms with E-state index in [0.29, 0.717) is 59.4 Å². The van der Waals surface area contributed by atoms with Crippen LogP contribution in [-0.4, -0.2) is 58.4 Å². The topological polar surface area (TPSA) is 93.0 Å². The number of hydrogen-bond donors (Lipinski definition) is 0. The minimum absolute atomic E-state index is 0.193. The lowest BCUT2D eigenvalue weighted by Gasteiger charge is -2.10. The summed E-state index contributed by atoms with van der Waals surface area (Å²) in [5.74, 6) is 3.74. The minimum atomic E-state index is -0.193. The van der Waals surface area contributed by atoms with E-state index >= 15 is 0 Å². The molecular weight excluding hydrogens is 462 g/mol. The van der Waals surface area contributed by atoms with Crippen molar-refractivity contribution in [1.82, 2.24) is 4.98 Å². The van der Waals surface area contributed by atoms with E-state index in [4.69, 9.17) is 43.4 Å². The van der Waals surface area contributed by atoms with Crippen LogP contribution in [0, 0.1) is 0 Å². The Labute approximate surface area is 209 Å². The van der Waals surface area contributed by atoms with Gasteiger partial charge < -0.3 is 28.4 Å². The SMILES string of the molecule is COc1cc(OC)cc([C@H]2COC(c3cccc(C4=N[C@@H](c5cc(OC)cc(OC)c5)CO4)n3)=N2)c1. The first kappa shape index (κ1) is 23.5. The Morgan fingerprint density at radius 3 is 1.36 bits per heavy atom. The molecule has 0 fully saturated rings. The van der Waals surface area contributed by atoms with Crippen molar-refractivity contribution in [3.05, 3.63) is 77.1 Å². The molecule has 0 saturated heterocycles. The highest BCUT2D eigenvalue weighted by Crippen LogP contribution is 2.33. The summed E-state index contributed by atoms with van der Waals surface area (Å²) in [7, 11) is 6.49. The Kier molecular flexibility index (Phi) is 6.62.